The second-order valence-corrected chi connectivity index (χ2v) is 12.5. The van der Waals surface area contributed by atoms with Crippen LogP contribution in [0.1, 0.15) is 0 Å². The van der Waals surface area contributed by atoms with Gasteiger partial charge >= 0.3 is 0 Å². The predicted molar refractivity (Wildman–Crippen MR) is 204 cm³/mol. The standard InChI is InChI=1S/C46H29NO2/c1-2-12-31-27-33(24-23-30(31)11-1)32-13-9-14-35(28-32)47(42-20-10-18-39-37-16-4-8-22-44(37)49-46(39)42)41-19-6-3-15-36(41)34-25-26-45-40(29-34)38-17-5-7-21-43(38)48-45/h1-29H. The number of furan rings is 2. The van der Waals surface area contributed by atoms with E-state index in [0.29, 0.717) is 0 Å². The van der Waals surface area contributed by atoms with E-state index in [1.54, 1.807) is 0 Å². The number of nitrogens with zero attached hydrogens (tertiary/aromatic N) is 1. The number of benzene rings is 8. The third kappa shape index (κ3) is 4.51. The summed E-state index contributed by atoms with van der Waals surface area (Å²) < 4.78 is 12.9. The average molecular weight is 628 g/mol. The second kappa shape index (κ2) is 11.0. The molecular weight excluding hydrogens is 599 g/mol. The van der Waals surface area contributed by atoms with Crippen LogP contribution in [0.15, 0.2) is 185 Å². The van der Waals surface area contributed by atoms with Crippen molar-refractivity contribution >= 4 is 71.7 Å². The molecule has 230 valence electrons. The van der Waals surface area contributed by atoms with Crippen LogP contribution in [0, 0.1) is 0 Å². The van der Waals surface area contributed by atoms with Gasteiger partial charge in [0.1, 0.15) is 16.7 Å². The van der Waals surface area contributed by atoms with E-state index >= 15 is 0 Å². The molecule has 2 heterocycles. The Labute approximate surface area is 282 Å². The molecule has 0 saturated carbocycles. The Hall–Kier alpha value is -6.58. The lowest BCUT2D eigenvalue weighted by Crippen LogP contribution is -2.11. The SMILES string of the molecule is c1cc(-c2ccc3ccccc3c2)cc(N(c2ccccc2-c2ccc3oc4ccccc4c3c2)c2cccc3c2oc2ccccc23)c1. The molecule has 10 rings (SSSR count). The van der Waals surface area contributed by atoms with Gasteiger partial charge in [-0.3, -0.25) is 0 Å². The van der Waals surface area contributed by atoms with Gasteiger partial charge in [-0.05, 0) is 82.1 Å². The topological polar surface area (TPSA) is 29.5 Å². The maximum absolute atomic E-state index is 6.66. The minimum absolute atomic E-state index is 0.853. The van der Waals surface area contributed by atoms with Crippen molar-refractivity contribution in [2.75, 3.05) is 4.90 Å². The lowest BCUT2D eigenvalue weighted by Gasteiger charge is -2.28. The Morgan fingerprint density at radius 1 is 0.347 bits per heavy atom. The molecule has 0 atom stereocenters. The molecule has 0 fully saturated rings. The summed E-state index contributed by atoms with van der Waals surface area (Å²) >= 11 is 0. The van der Waals surface area contributed by atoms with Crippen molar-refractivity contribution in [2.24, 2.45) is 0 Å². The van der Waals surface area contributed by atoms with E-state index in [2.05, 4.69) is 157 Å². The summed E-state index contributed by atoms with van der Waals surface area (Å²) in [5.74, 6) is 0. The highest BCUT2D eigenvalue weighted by Gasteiger charge is 2.22. The minimum Gasteiger partial charge on any atom is -0.456 e. The molecule has 0 aliphatic heterocycles. The summed E-state index contributed by atoms with van der Waals surface area (Å²) in [7, 11) is 0. The summed E-state index contributed by atoms with van der Waals surface area (Å²) in [6.07, 6.45) is 0. The fourth-order valence-electron chi connectivity index (χ4n) is 7.32. The van der Waals surface area contributed by atoms with E-state index in [-0.39, 0.29) is 0 Å². The van der Waals surface area contributed by atoms with Crippen LogP contribution in [0.3, 0.4) is 0 Å². The van der Waals surface area contributed by atoms with Gasteiger partial charge in [-0.25, -0.2) is 0 Å². The van der Waals surface area contributed by atoms with E-state index in [1.165, 1.54) is 16.3 Å². The Bertz CT molecular complexity index is 2860. The summed E-state index contributed by atoms with van der Waals surface area (Å²) in [6.45, 7) is 0. The quantitative estimate of drug-likeness (QED) is 0.190. The Balaban J connectivity index is 1.21. The lowest BCUT2D eigenvalue weighted by molar-refractivity contribution is 0.668. The highest BCUT2D eigenvalue weighted by atomic mass is 16.3. The van der Waals surface area contributed by atoms with Gasteiger partial charge < -0.3 is 13.7 Å². The summed E-state index contributed by atoms with van der Waals surface area (Å²) in [4.78, 5) is 2.35. The van der Waals surface area contributed by atoms with Crippen LogP contribution < -0.4 is 4.90 Å². The molecule has 10 aromatic rings. The predicted octanol–water partition coefficient (Wildman–Crippen LogP) is 13.4. The van der Waals surface area contributed by atoms with Gasteiger partial charge in [0.2, 0.25) is 0 Å². The molecule has 3 heteroatoms. The molecule has 0 aliphatic rings. The molecule has 8 aromatic carbocycles. The molecule has 0 N–H and O–H groups in total. The molecule has 0 unspecified atom stereocenters. The van der Waals surface area contributed by atoms with E-state index in [4.69, 9.17) is 8.83 Å². The van der Waals surface area contributed by atoms with Crippen LogP contribution in [0.25, 0.3) is 76.9 Å². The molecule has 2 aromatic heterocycles. The molecule has 0 radical (unpaired) electrons. The molecule has 0 saturated heterocycles. The van der Waals surface area contributed by atoms with Crippen LogP contribution in [-0.4, -0.2) is 0 Å². The van der Waals surface area contributed by atoms with Crippen LogP contribution >= 0.6 is 0 Å². The van der Waals surface area contributed by atoms with Crippen molar-refractivity contribution in [2.45, 2.75) is 0 Å². The normalized spacial score (nSPS) is 11.7. The van der Waals surface area contributed by atoms with Crippen LogP contribution in [0.5, 0.6) is 0 Å². The van der Waals surface area contributed by atoms with E-state index in [0.717, 1.165) is 77.6 Å². The number of fused-ring (bicyclic) bond motifs is 7. The number of hydrogen-bond acceptors (Lipinski definition) is 3. The molecule has 0 spiro atoms. The molecule has 0 bridgehead atoms. The smallest absolute Gasteiger partial charge is 0.159 e. The molecule has 49 heavy (non-hydrogen) atoms. The van der Waals surface area contributed by atoms with Crippen molar-refractivity contribution in [3.8, 4) is 22.3 Å². The third-order valence-corrected chi connectivity index (χ3v) is 9.64. The fraction of sp³-hybridized carbons (Fsp3) is 0. The monoisotopic (exact) mass is 627 g/mol. The molecule has 0 amide bonds. The summed E-state index contributed by atoms with van der Waals surface area (Å²) in [5, 5.41) is 6.87. The first kappa shape index (κ1) is 27.5. The van der Waals surface area contributed by atoms with Gasteiger partial charge in [-0.2, -0.15) is 0 Å². The van der Waals surface area contributed by atoms with Crippen molar-refractivity contribution in [1.29, 1.82) is 0 Å². The van der Waals surface area contributed by atoms with Crippen LogP contribution in [-0.2, 0) is 0 Å². The fourth-order valence-corrected chi connectivity index (χ4v) is 7.32. The van der Waals surface area contributed by atoms with Gasteiger partial charge in [-0.15, -0.1) is 0 Å². The maximum Gasteiger partial charge on any atom is 0.159 e. The van der Waals surface area contributed by atoms with Crippen molar-refractivity contribution < 1.29 is 8.83 Å². The maximum atomic E-state index is 6.66. The van der Waals surface area contributed by atoms with Crippen molar-refractivity contribution in [3.63, 3.8) is 0 Å². The van der Waals surface area contributed by atoms with Crippen LogP contribution in [0.4, 0.5) is 17.1 Å². The third-order valence-electron chi connectivity index (χ3n) is 9.64. The summed E-state index contributed by atoms with van der Waals surface area (Å²) in [5.41, 5.74) is 11.1. The lowest BCUT2D eigenvalue weighted by atomic mass is 9.98. The number of rotatable bonds is 5. The average Bonchev–Trinajstić information content (AvgIpc) is 3.74. The first-order valence-electron chi connectivity index (χ1n) is 16.6. The number of anilines is 3. The van der Waals surface area contributed by atoms with Gasteiger partial charge in [0.25, 0.3) is 0 Å². The van der Waals surface area contributed by atoms with Crippen LogP contribution in [0.2, 0.25) is 0 Å². The highest BCUT2D eigenvalue weighted by molar-refractivity contribution is 6.11. The first-order valence-corrected chi connectivity index (χ1v) is 16.6. The molecular formula is C46H29NO2. The number of hydrogen-bond donors (Lipinski definition) is 0. The van der Waals surface area contributed by atoms with Gasteiger partial charge in [-0.1, -0.05) is 121 Å². The van der Waals surface area contributed by atoms with Gasteiger partial charge in [0, 0.05) is 32.8 Å². The molecule has 3 nitrogen and oxygen atoms in total. The van der Waals surface area contributed by atoms with Crippen molar-refractivity contribution in [3.05, 3.63) is 176 Å². The van der Waals surface area contributed by atoms with E-state index in [1.807, 2.05) is 24.3 Å². The minimum atomic E-state index is 0.853. The second-order valence-electron chi connectivity index (χ2n) is 12.5. The first-order chi connectivity index (χ1) is 24.3. The Morgan fingerprint density at radius 3 is 1.88 bits per heavy atom. The zero-order chi connectivity index (χ0) is 32.3. The highest BCUT2D eigenvalue weighted by Crippen LogP contribution is 2.46. The zero-order valence-corrected chi connectivity index (χ0v) is 26.5. The Kier molecular flexibility index (Phi) is 6.18. The summed E-state index contributed by atoms with van der Waals surface area (Å²) in [6, 6.07) is 62.1. The van der Waals surface area contributed by atoms with Crippen molar-refractivity contribution in [1.82, 2.24) is 0 Å². The van der Waals surface area contributed by atoms with E-state index < -0.39 is 0 Å². The molecule has 0 aliphatic carbocycles. The van der Waals surface area contributed by atoms with Gasteiger partial charge in [0.15, 0.2) is 5.58 Å². The Morgan fingerprint density at radius 2 is 0.980 bits per heavy atom. The van der Waals surface area contributed by atoms with E-state index in [9.17, 15) is 0 Å². The largest absolute Gasteiger partial charge is 0.456 e. The number of para-hydroxylation sites is 4. The van der Waals surface area contributed by atoms with Gasteiger partial charge in [0.05, 0.1) is 11.4 Å². The zero-order valence-electron chi connectivity index (χ0n) is 26.5.